The predicted octanol–water partition coefficient (Wildman–Crippen LogP) is 3.01. The minimum atomic E-state index is -0.128. The van der Waals surface area contributed by atoms with Crippen LogP contribution >= 0.6 is 0 Å². The summed E-state index contributed by atoms with van der Waals surface area (Å²) in [5, 5.41) is 7.58. The summed E-state index contributed by atoms with van der Waals surface area (Å²) in [4.78, 5) is 27.4. The second kappa shape index (κ2) is 8.89. The number of hydrogen-bond donors (Lipinski definition) is 1. The first-order valence-electron chi connectivity index (χ1n) is 10.7. The number of likely N-dealkylation sites (tertiary alicyclic amines) is 1. The third-order valence-electron chi connectivity index (χ3n) is 6.16. The number of aromatic nitrogens is 3. The monoisotopic (exact) mass is 419 g/mol. The Hall–Kier alpha value is -3.19. The Morgan fingerprint density at radius 1 is 1.06 bits per heavy atom. The summed E-state index contributed by atoms with van der Waals surface area (Å²) in [5.41, 5.74) is 3.85. The van der Waals surface area contributed by atoms with E-state index in [1.165, 1.54) is 10.2 Å². The molecule has 3 aromatic rings. The van der Waals surface area contributed by atoms with Crippen LogP contribution in [-0.4, -0.2) is 44.8 Å². The van der Waals surface area contributed by atoms with Crippen molar-refractivity contribution in [2.75, 3.05) is 25.0 Å². The van der Waals surface area contributed by atoms with E-state index >= 15 is 0 Å². The van der Waals surface area contributed by atoms with Gasteiger partial charge in [-0.1, -0.05) is 30.3 Å². The third kappa shape index (κ3) is 4.46. The Morgan fingerprint density at radius 3 is 2.48 bits per heavy atom. The first-order chi connectivity index (χ1) is 14.9. The van der Waals surface area contributed by atoms with Crippen molar-refractivity contribution in [3.05, 3.63) is 76.0 Å². The van der Waals surface area contributed by atoms with Gasteiger partial charge in [-0.15, -0.1) is 0 Å². The van der Waals surface area contributed by atoms with E-state index in [1.54, 1.807) is 11.6 Å². The minimum Gasteiger partial charge on any atom is -0.325 e. The van der Waals surface area contributed by atoms with E-state index in [4.69, 9.17) is 0 Å². The molecule has 2 aromatic carbocycles. The molecule has 0 spiro atoms. The highest BCUT2D eigenvalue weighted by molar-refractivity contribution is 5.93. The van der Waals surface area contributed by atoms with Crippen molar-refractivity contribution in [3.8, 4) is 5.69 Å². The number of amides is 1. The molecule has 1 aliphatic heterocycles. The van der Waals surface area contributed by atoms with Crippen LogP contribution < -0.4 is 11.0 Å². The van der Waals surface area contributed by atoms with E-state index in [2.05, 4.69) is 15.3 Å². The molecule has 162 valence electrons. The standard InChI is InChI=1S/C24H29N5O2/c1-17-8-7-11-21(18(17)2)25-22(30)16-28-14-12-19(13-15-28)23-26-27(3)24(31)29(23)20-9-5-4-6-10-20/h4-11,19H,12-16H2,1-3H3,(H,25,30). The number of aryl methyl sites for hydroxylation is 2. The summed E-state index contributed by atoms with van der Waals surface area (Å²) in [7, 11) is 1.69. The predicted molar refractivity (Wildman–Crippen MR) is 122 cm³/mol. The highest BCUT2D eigenvalue weighted by Gasteiger charge is 2.27. The van der Waals surface area contributed by atoms with Gasteiger partial charge in [0.2, 0.25) is 5.91 Å². The topological polar surface area (TPSA) is 72.2 Å². The summed E-state index contributed by atoms with van der Waals surface area (Å²) in [5.74, 6) is 0.997. The Morgan fingerprint density at radius 2 is 1.77 bits per heavy atom. The van der Waals surface area contributed by atoms with Crippen LogP contribution in [0.3, 0.4) is 0 Å². The fourth-order valence-electron chi connectivity index (χ4n) is 4.20. The number of benzene rings is 2. The van der Waals surface area contributed by atoms with Gasteiger partial charge in [-0.05, 0) is 69.1 Å². The molecule has 4 rings (SSSR count). The van der Waals surface area contributed by atoms with Gasteiger partial charge < -0.3 is 5.32 Å². The van der Waals surface area contributed by atoms with E-state index in [1.807, 2.05) is 62.4 Å². The molecule has 1 aliphatic rings. The summed E-state index contributed by atoms with van der Waals surface area (Å²) in [6, 6.07) is 15.6. The van der Waals surface area contributed by atoms with Crippen LogP contribution in [0.15, 0.2) is 53.3 Å². The summed E-state index contributed by atoms with van der Waals surface area (Å²) in [6.45, 7) is 6.03. The van der Waals surface area contributed by atoms with Crippen molar-refractivity contribution in [1.82, 2.24) is 19.2 Å². The van der Waals surface area contributed by atoms with Crippen molar-refractivity contribution < 1.29 is 4.79 Å². The molecule has 7 nitrogen and oxygen atoms in total. The fraction of sp³-hybridized carbons (Fsp3) is 0.375. The van der Waals surface area contributed by atoms with Gasteiger partial charge in [0.25, 0.3) is 0 Å². The van der Waals surface area contributed by atoms with Crippen molar-refractivity contribution in [1.29, 1.82) is 0 Å². The number of carbonyl (C=O) groups is 1. The normalized spacial score (nSPS) is 15.2. The first kappa shape index (κ1) is 21.1. The molecule has 0 radical (unpaired) electrons. The molecule has 0 unspecified atom stereocenters. The lowest BCUT2D eigenvalue weighted by Gasteiger charge is -2.31. The SMILES string of the molecule is Cc1cccc(NC(=O)CN2CCC(c3nn(C)c(=O)n3-c3ccccc3)CC2)c1C. The van der Waals surface area contributed by atoms with Crippen LogP contribution in [0.4, 0.5) is 5.69 Å². The molecular weight excluding hydrogens is 390 g/mol. The van der Waals surface area contributed by atoms with Gasteiger partial charge in [-0.2, -0.15) is 5.10 Å². The molecule has 1 amide bonds. The van der Waals surface area contributed by atoms with Crippen LogP contribution in [0.5, 0.6) is 0 Å². The van der Waals surface area contributed by atoms with Crippen molar-refractivity contribution >= 4 is 11.6 Å². The highest BCUT2D eigenvalue weighted by atomic mass is 16.2. The molecule has 1 fully saturated rings. The van der Waals surface area contributed by atoms with E-state index in [-0.39, 0.29) is 17.5 Å². The number of anilines is 1. The van der Waals surface area contributed by atoms with Crippen molar-refractivity contribution in [2.24, 2.45) is 7.05 Å². The Balaban J connectivity index is 1.41. The van der Waals surface area contributed by atoms with E-state index in [0.29, 0.717) is 6.54 Å². The molecule has 0 atom stereocenters. The van der Waals surface area contributed by atoms with Gasteiger partial charge >= 0.3 is 5.69 Å². The highest BCUT2D eigenvalue weighted by Crippen LogP contribution is 2.27. The zero-order valence-electron chi connectivity index (χ0n) is 18.3. The smallest absolute Gasteiger partial charge is 0.325 e. The van der Waals surface area contributed by atoms with Crippen LogP contribution in [0.25, 0.3) is 5.69 Å². The van der Waals surface area contributed by atoms with Gasteiger partial charge in [0.05, 0.1) is 12.2 Å². The molecular formula is C24H29N5O2. The van der Waals surface area contributed by atoms with E-state index < -0.39 is 0 Å². The lowest BCUT2D eigenvalue weighted by atomic mass is 9.95. The van der Waals surface area contributed by atoms with Gasteiger partial charge in [0.15, 0.2) is 0 Å². The molecule has 1 saturated heterocycles. The Bertz CT molecular complexity index is 1120. The fourth-order valence-corrected chi connectivity index (χ4v) is 4.20. The number of para-hydroxylation sites is 1. The first-order valence-corrected chi connectivity index (χ1v) is 10.7. The molecule has 0 bridgehead atoms. The number of carbonyl (C=O) groups excluding carboxylic acids is 1. The molecule has 7 heteroatoms. The van der Waals surface area contributed by atoms with Gasteiger partial charge in [0, 0.05) is 18.7 Å². The Kier molecular flexibility index (Phi) is 6.04. The minimum absolute atomic E-state index is 0.00572. The largest absolute Gasteiger partial charge is 0.350 e. The molecule has 0 saturated carbocycles. The number of hydrogen-bond acceptors (Lipinski definition) is 4. The summed E-state index contributed by atoms with van der Waals surface area (Å²) in [6.07, 6.45) is 1.72. The van der Waals surface area contributed by atoms with Gasteiger partial charge in [0.1, 0.15) is 5.82 Å². The van der Waals surface area contributed by atoms with Crippen LogP contribution in [0, 0.1) is 13.8 Å². The zero-order chi connectivity index (χ0) is 22.0. The molecule has 31 heavy (non-hydrogen) atoms. The van der Waals surface area contributed by atoms with E-state index in [9.17, 15) is 9.59 Å². The molecule has 1 N–H and O–H groups in total. The third-order valence-corrected chi connectivity index (χ3v) is 6.16. The number of piperidine rings is 1. The lowest BCUT2D eigenvalue weighted by molar-refractivity contribution is -0.117. The Labute approximate surface area is 182 Å². The summed E-state index contributed by atoms with van der Waals surface area (Å²) >= 11 is 0. The maximum atomic E-state index is 12.7. The van der Waals surface area contributed by atoms with Crippen LogP contribution in [-0.2, 0) is 11.8 Å². The zero-order valence-corrected chi connectivity index (χ0v) is 18.3. The van der Waals surface area contributed by atoms with Gasteiger partial charge in [-0.25, -0.2) is 14.0 Å². The second-order valence-electron chi connectivity index (χ2n) is 8.28. The summed E-state index contributed by atoms with van der Waals surface area (Å²) < 4.78 is 3.12. The number of rotatable bonds is 5. The average Bonchev–Trinajstić information content (AvgIpc) is 3.07. The van der Waals surface area contributed by atoms with Crippen LogP contribution in [0.2, 0.25) is 0 Å². The number of nitrogens with one attached hydrogen (secondary N) is 1. The van der Waals surface area contributed by atoms with Crippen LogP contribution in [0.1, 0.15) is 35.7 Å². The van der Waals surface area contributed by atoms with Gasteiger partial charge in [-0.3, -0.25) is 9.69 Å². The molecule has 2 heterocycles. The average molecular weight is 420 g/mol. The molecule has 0 aliphatic carbocycles. The maximum absolute atomic E-state index is 12.7. The quantitative estimate of drug-likeness (QED) is 0.690. The molecule has 1 aromatic heterocycles. The maximum Gasteiger partial charge on any atom is 0.350 e. The second-order valence-corrected chi connectivity index (χ2v) is 8.28. The van der Waals surface area contributed by atoms with Crippen molar-refractivity contribution in [3.63, 3.8) is 0 Å². The van der Waals surface area contributed by atoms with E-state index in [0.717, 1.165) is 48.7 Å². The number of nitrogens with zero attached hydrogens (tertiary/aromatic N) is 4. The van der Waals surface area contributed by atoms with Crippen molar-refractivity contribution in [2.45, 2.75) is 32.6 Å². The lowest BCUT2D eigenvalue weighted by Crippen LogP contribution is -2.39.